The Morgan fingerprint density at radius 1 is 1.33 bits per heavy atom. The van der Waals surface area contributed by atoms with E-state index < -0.39 is 6.36 Å². The van der Waals surface area contributed by atoms with Gasteiger partial charge in [-0.05, 0) is 18.2 Å². The fourth-order valence-electron chi connectivity index (χ4n) is 1.04. The zero-order valence-corrected chi connectivity index (χ0v) is 9.35. The molecule has 0 unspecified atom stereocenters. The first kappa shape index (κ1) is 12.3. The number of hydrogen-bond acceptors (Lipinski definition) is 2. The van der Waals surface area contributed by atoms with Gasteiger partial charge in [0.2, 0.25) is 0 Å². The Hall–Kier alpha value is -0.750. The van der Waals surface area contributed by atoms with Crippen molar-refractivity contribution in [2.24, 2.45) is 0 Å². The van der Waals surface area contributed by atoms with Crippen molar-refractivity contribution in [3.63, 3.8) is 0 Å². The SMILES string of the molecule is COCc1cc(Br)ccc1OC(F)(F)F. The maximum atomic E-state index is 12.0. The van der Waals surface area contributed by atoms with Crippen LogP contribution in [0.2, 0.25) is 0 Å². The maximum Gasteiger partial charge on any atom is 0.573 e. The maximum absolute atomic E-state index is 12.0. The van der Waals surface area contributed by atoms with Gasteiger partial charge in [-0.25, -0.2) is 0 Å². The lowest BCUT2D eigenvalue weighted by Gasteiger charge is -2.12. The molecule has 0 N–H and O–H groups in total. The summed E-state index contributed by atoms with van der Waals surface area (Å²) in [5, 5.41) is 0. The quantitative estimate of drug-likeness (QED) is 0.846. The van der Waals surface area contributed by atoms with Crippen LogP contribution >= 0.6 is 15.9 Å². The molecule has 0 aromatic heterocycles. The van der Waals surface area contributed by atoms with E-state index in [2.05, 4.69) is 20.7 Å². The number of hydrogen-bond donors (Lipinski definition) is 0. The summed E-state index contributed by atoms with van der Waals surface area (Å²) >= 11 is 3.15. The zero-order valence-electron chi connectivity index (χ0n) is 7.77. The van der Waals surface area contributed by atoms with E-state index in [4.69, 9.17) is 4.74 Å². The summed E-state index contributed by atoms with van der Waals surface area (Å²) in [5.74, 6) is -0.243. The van der Waals surface area contributed by atoms with Gasteiger partial charge in [-0.2, -0.15) is 0 Å². The summed E-state index contributed by atoms with van der Waals surface area (Å²) < 4.78 is 45.2. The van der Waals surface area contributed by atoms with Crippen molar-refractivity contribution in [3.8, 4) is 5.75 Å². The first-order valence-electron chi connectivity index (χ1n) is 3.95. The van der Waals surface area contributed by atoms with Gasteiger partial charge in [-0.15, -0.1) is 13.2 Å². The average molecular weight is 285 g/mol. The molecule has 6 heteroatoms. The fraction of sp³-hybridized carbons (Fsp3) is 0.333. The third-order valence-corrected chi connectivity index (χ3v) is 2.04. The highest BCUT2D eigenvalue weighted by atomic mass is 79.9. The van der Waals surface area contributed by atoms with E-state index in [1.807, 2.05) is 0 Å². The zero-order chi connectivity index (χ0) is 11.5. The van der Waals surface area contributed by atoms with Crippen LogP contribution in [0.3, 0.4) is 0 Å². The molecule has 2 nitrogen and oxygen atoms in total. The molecule has 0 heterocycles. The smallest absolute Gasteiger partial charge is 0.405 e. The van der Waals surface area contributed by atoms with E-state index in [0.29, 0.717) is 10.0 Å². The number of ether oxygens (including phenoxy) is 2. The predicted molar refractivity (Wildman–Crippen MR) is 51.5 cm³/mol. The molecule has 0 aliphatic heterocycles. The van der Waals surface area contributed by atoms with E-state index in [0.717, 1.165) is 0 Å². The van der Waals surface area contributed by atoms with Crippen LogP contribution in [0.15, 0.2) is 22.7 Å². The van der Waals surface area contributed by atoms with E-state index >= 15 is 0 Å². The van der Waals surface area contributed by atoms with E-state index in [9.17, 15) is 13.2 Å². The Kier molecular flexibility index (Phi) is 3.98. The second kappa shape index (κ2) is 4.85. The summed E-state index contributed by atoms with van der Waals surface area (Å²) in [4.78, 5) is 0. The van der Waals surface area contributed by atoms with Gasteiger partial charge in [0, 0.05) is 17.1 Å². The summed E-state index contributed by atoms with van der Waals surface area (Å²) in [6.45, 7) is 0.0604. The van der Waals surface area contributed by atoms with E-state index in [1.54, 1.807) is 0 Å². The molecule has 0 spiro atoms. The van der Waals surface area contributed by atoms with Crippen LogP contribution in [0.25, 0.3) is 0 Å². The minimum atomic E-state index is -4.68. The minimum absolute atomic E-state index is 0.0604. The van der Waals surface area contributed by atoms with Crippen LogP contribution in [0.5, 0.6) is 5.75 Å². The van der Waals surface area contributed by atoms with E-state index in [1.165, 1.54) is 25.3 Å². The van der Waals surface area contributed by atoms with Crippen molar-refractivity contribution >= 4 is 15.9 Å². The van der Waals surface area contributed by atoms with Gasteiger partial charge in [0.05, 0.1) is 6.61 Å². The van der Waals surface area contributed by atoms with Crippen molar-refractivity contribution in [1.82, 2.24) is 0 Å². The number of alkyl halides is 3. The van der Waals surface area contributed by atoms with Gasteiger partial charge in [0.1, 0.15) is 5.75 Å². The van der Waals surface area contributed by atoms with Gasteiger partial charge in [-0.3, -0.25) is 0 Å². The molecule has 1 aromatic carbocycles. The highest BCUT2D eigenvalue weighted by molar-refractivity contribution is 9.10. The van der Waals surface area contributed by atoms with Crippen LogP contribution in [0, 0.1) is 0 Å². The van der Waals surface area contributed by atoms with Crippen molar-refractivity contribution in [2.75, 3.05) is 7.11 Å². The second-order valence-electron chi connectivity index (χ2n) is 2.73. The molecule has 1 rings (SSSR count). The molecule has 0 aliphatic rings. The molecule has 0 amide bonds. The number of rotatable bonds is 3. The van der Waals surface area contributed by atoms with Crippen molar-refractivity contribution < 1.29 is 22.6 Å². The molecule has 1 aromatic rings. The van der Waals surface area contributed by atoms with Crippen molar-refractivity contribution in [3.05, 3.63) is 28.2 Å². The van der Waals surface area contributed by atoms with Crippen LogP contribution in [-0.4, -0.2) is 13.5 Å². The van der Waals surface area contributed by atoms with E-state index in [-0.39, 0.29) is 12.4 Å². The third-order valence-electron chi connectivity index (χ3n) is 1.55. The summed E-state index contributed by atoms with van der Waals surface area (Å²) in [5.41, 5.74) is 0.337. The lowest BCUT2D eigenvalue weighted by Crippen LogP contribution is -2.18. The molecule has 84 valence electrons. The molecule has 0 bridgehead atoms. The fourth-order valence-corrected chi connectivity index (χ4v) is 1.45. The van der Waals surface area contributed by atoms with Gasteiger partial charge in [0.15, 0.2) is 0 Å². The lowest BCUT2D eigenvalue weighted by molar-refractivity contribution is -0.275. The number of methoxy groups -OCH3 is 1. The molecule has 0 fully saturated rings. The Labute approximate surface area is 93.1 Å². The topological polar surface area (TPSA) is 18.5 Å². The van der Waals surface area contributed by atoms with Crippen LogP contribution in [0.4, 0.5) is 13.2 Å². The Balaban J connectivity index is 2.95. The van der Waals surface area contributed by atoms with Crippen LogP contribution < -0.4 is 4.74 Å². The monoisotopic (exact) mass is 284 g/mol. The highest BCUT2D eigenvalue weighted by Gasteiger charge is 2.32. The van der Waals surface area contributed by atoms with Crippen molar-refractivity contribution in [1.29, 1.82) is 0 Å². The van der Waals surface area contributed by atoms with Gasteiger partial charge in [0.25, 0.3) is 0 Å². The number of benzene rings is 1. The predicted octanol–water partition coefficient (Wildman–Crippen LogP) is 3.49. The molecule has 0 saturated carbocycles. The Morgan fingerprint density at radius 3 is 2.53 bits per heavy atom. The largest absolute Gasteiger partial charge is 0.573 e. The van der Waals surface area contributed by atoms with Gasteiger partial charge >= 0.3 is 6.36 Å². The third kappa shape index (κ3) is 4.09. The second-order valence-corrected chi connectivity index (χ2v) is 3.65. The standard InChI is InChI=1S/C9H8BrF3O2/c1-14-5-6-4-7(10)2-3-8(6)15-9(11,12)13/h2-4H,5H2,1H3. The molecule has 0 radical (unpaired) electrons. The number of halogens is 4. The van der Waals surface area contributed by atoms with Gasteiger partial charge in [-0.1, -0.05) is 15.9 Å². The van der Waals surface area contributed by atoms with Gasteiger partial charge < -0.3 is 9.47 Å². The molecule has 0 atom stereocenters. The van der Waals surface area contributed by atoms with Crippen LogP contribution in [0.1, 0.15) is 5.56 Å². The Morgan fingerprint density at radius 2 is 2.00 bits per heavy atom. The average Bonchev–Trinajstić information content (AvgIpc) is 2.08. The first-order chi connectivity index (χ1) is 6.92. The lowest BCUT2D eigenvalue weighted by atomic mass is 10.2. The molecule has 0 aliphatic carbocycles. The molecular formula is C9H8BrF3O2. The molecular weight excluding hydrogens is 277 g/mol. The Bertz CT molecular complexity index is 339. The molecule has 15 heavy (non-hydrogen) atoms. The summed E-state index contributed by atoms with van der Waals surface area (Å²) in [7, 11) is 1.40. The normalized spacial score (nSPS) is 11.5. The first-order valence-corrected chi connectivity index (χ1v) is 4.75. The summed E-state index contributed by atoms with van der Waals surface area (Å²) in [6.07, 6.45) is -4.68. The van der Waals surface area contributed by atoms with Crippen LogP contribution in [-0.2, 0) is 11.3 Å². The minimum Gasteiger partial charge on any atom is -0.405 e. The summed E-state index contributed by atoms with van der Waals surface area (Å²) in [6, 6.07) is 4.23. The van der Waals surface area contributed by atoms with Crippen molar-refractivity contribution in [2.45, 2.75) is 13.0 Å². The molecule has 0 saturated heterocycles. The highest BCUT2D eigenvalue weighted by Crippen LogP contribution is 2.29.